The molecule has 0 aromatic rings. The Hall–Kier alpha value is -1.23. The van der Waals surface area contributed by atoms with Crippen LogP contribution >= 0.6 is 7.82 Å². The molecule has 0 heterocycles. The van der Waals surface area contributed by atoms with E-state index in [9.17, 15) is 4.57 Å². The Morgan fingerprint density at radius 1 is 1.33 bits per heavy atom. The second-order valence-corrected chi connectivity index (χ2v) is 2.14. The third-order valence-corrected chi connectivity index (χ3v) is 0.937. The summed E-state index contributed by atoms with van der Waals surface area (Å²) in [6, 6.07) is 0. The predicted molar refractivity (Wildman–Crippen MR) is 23.2 cm³/mol. The van der Waals surface area contributed by atoms with Crippen LogP contribution in [0, 0.1) is 23.0 Å². The highest BCUT2D eigenvalue weighted by Gasteiger charge is 2.22. The van der Waals surface area contributed by atoms with Gasteiger partial charge >= 0.3 is 7.82 Å². The average molecular weight is 148 g/mol. The van der Waals surface area contributed by atoms with Gasteiger partial charge in [0.1, 0.15) is 0 Å². The number of phosphoric acid groups is 1. The first-order valence-corrected chi connectivity index (χ1v) is 3.10. The van der Waals surface area contributed by atoms with E-state index in [4.69, 9.17) is 15.4 Å². The molecular weight excluding hydrogens is 147 g/mol. The number of rotatable bonds is 2. The monoisotopic (exact) mass is 148 g/mol. The van der Waals surface area contributed by atoms with Crippen LogP contribution in [-0.2, 0) is 13.6 Å². The molecule has 48 valence electrons. The average Bonchev–Trinajstić information content (AvgIpc) is 1.64. The molecule has 0 spiro atoms. The van der Waals surface area contributed by atoms with Crippen LogP contribution in [0.25, 0.3) is 0 Å². The van der Waals surface area contributed by atoms with E-state index in [0.717, 1.165) is 12.5 Å². The minimum absolute atomic E-state index is 0.904. The smallest absolute Gasteiger partial charge is 0.318 e. The molecule has 0 aromatic heterocycles. The molecule has 0 aliphatic carbocycles. The largest absolute Gasteiger partial charge is 0.604 e. The first kappa shape index (κ1) is 7.77. The summed E-state index contributed by atoms with van der Waals surface area (Å²) in [5.74, 6) is 0. The van der Waals surface area contributed by atoms with Crippen molar-refractivity contribution in [2.45, 2.75) is 0 Å². The normalized spacial score (nSPS) is 8.78. The minimum Gasteiger partial charge on any atom is -0.318 e. The highest BCUT2D eigenvalue weighted by atomic mass is 31.2. The Kier molecular flexibility index (Phi) is 2.53. The van der Waals surface area contributed by atoms with Crippen molar-refractivity contribution in [3.63, 3.8) is 0 Å². The molecular formula is C2HN2O4P. The molecule has 0 fully saturated rings. The minimum atomic E-state index is -4.41. The van der Waals surface area contributed by atoms with Crippen molar-refractivity contribution in [3.8, 4) is 12.5 Å². The molecule has 0 aliphatic heterocycles. The molecule has 0 bridgehead atoms. The van der Waals surface area contributed by atoms with Gasteiger partial charge in [-0.15, -0.1) is 10.5 Å². The quantitative estimate of drug-likeness (QED) is 0.439. The van der Waals surface area contributed by atoms with Crippen LogP contribution in [0.2, 0.25) is 0 Å². The molecule has 1 N–H and O–H groups in total. The van der Waals surface area contributed by atoms with E-state index < -0.39 is 7.82 Å². The first-order valence-electron chi connectivity index (χ1n) is 1.60. The summed E-state index contributed by atoms with van der Waals surface area (Å²) in [4.78, 5) is 8.18. The number of phosphoric ester groups is 1. The van der Waals surface area contributed by atoms with Gasteiger partial charge in [-0.05, 0) is 0 Å². The lowest BCUT2D eigenvalue weighted by Crippen LogP contribution is -1.82. The Morgan fingerprint density at radius 2 is 1.67 bits per heavy atom. The van der Waals surface area contributed by atoms with E-state index in [0.29, 0.717) is 0 Å². The number of hydrogen-bond acceptors (Lipinski definition) is 5. The number of nitrogens with zero attached hydrogens (tertiary/aromatic N) is 2. The molecule has 0 aliphatic rings. The van der Waals surface area contributed by atoms with Gasteiger partial charge in [0.25, 0.3) is 12.5 Å². The van der Waals surface area contributed by atoms with Gasteiger partial charge in [-0.2, -0.15) is 0 Å². The summed E-state index contributed by atoms with van der Waals surface area (Å²) in [5.41, 5.74) is 0. The molecule has 0 unspecified atom stereocenters. The molecule has 0 aromatic carbocycles. The fraction of sp³-hybridized carbons (Fsp3) is 0. The third kappa shape index (κ3) is 3.36. The molecule has 0 atom stereocenters. The van der Waals surface area contributed by atoms with Crippen molar-refractivity contribution in [1.82, 2.24) is 0 Å². The first-order chi connectivity index (χ1) is 4.12. The van der Waals surface area contributed by atoms with E-state index >= 15 is 0 Å². The maximum Gasteiger partial charge on any atom is 0.604 e. The third-order valence-electron chi connectivity index (χ3n) is 0.312. The zero-order valence-corrected chi connectivity index (χ0v) is 4.91. The predicted octanol–water partition coefficient (Wildman–Crippen LogP) is 0.0822. The summed E-state index contributed by atoms with van der Waals surface area (Å²) in [7, 11) is -4.41. The summed E-state index contributed by atoms with van der Waals surface area (Å²) in [5, 5.41) is 15.3. The second-order valence-electron chi connectivity index (χ2n) is 0.834. The number of hydrogen-bond donors (Lipinski definition) is 1. The van der Waals surface area contributed by atoms with Crippen molar-refractivity contribution in [2.75, 3.05) is 0 Å². The van der Waals surface area contributed by atoms with Crippen LogP contribution < -0.4 is 0 Å². The summed E-state index contributed by atoms with van der Waals surface area (Å²) in [6.45, 7) is 0. The van der Waals surface area contributed by atoms with E-state index in [1.807, 2.05) is 0 Å². The molecule has 7 heteroatoms. The molecule has 0 radical (unpaired) electrons. The maximum absolute atomic E-state index is 10.1. The zero-order chi connectivity index (χ0) is 7.33. The van der Waals surface area contributed by atoms with Crippen LogP contribution in [0.15, 0.2) is 0 Å². The fourth-order valence-electron chi connectivity index (χ4n) is 0.122. The van der Waals surface area contributed by atoms with Gasteiger partial charge in [0.05, 0.1) is 0 Å². The molecule has 0 rings (SSSR count). The van der Waals surface area contributed by atoms with Gasteiger partial charge in [-0.3, -0.25) is 4.89 Å². The van der Waals surface area contributed by atoms with Crippen LogP contribution in [0.1, 0.15) is 0 Å². The van der Waals surface area contributed by atoms with Crippen molar-refractivity contribution >= 4 is 7.82 Å². The van der Waals surface area contributed by atoms with Gasteiger partial charge < -0.3 is 9.05 Å². The summed E-state index contributed by atoms with van der Waals surface area (Å²) in [6.07, 6.45) is 1.81. The van der Waals surface area contributed by atoms with Gasteiger partial charge in [0.15, 0.2) is 0 Å². The highest BCUT2D eigenvalue weighted by Crippen LogP contribution is 2.41. The lowest BCUT2D eigenvalue weighted by Gasteiger charge is -1.97. The standard InChI is InChI=1S/C2HN2O4P/c3-1-7-9(5,6)8-2-4/h(H,5,6). The van der Waals surface area contributed by atoms with Gasteiger partial charge in [0.2, 0.25) is 0 Å². The Morgan fingerprint density at radius 3 is 1.89 bits per heavy atom. The van der Waals surface area contributed by atoms with E-state index in [1.54, 1.807) is 0 Å². The lowest BCUT2D eigenvalue weighted by molar-refractivity contribution is 0.259. The van der Waals surface area contributed by atoms with Gasteiger partial charge in [-0.1, -0.05) is 0 Å². The van der Waals surface area contributed by atoms with E-state index in [-0.39, 0.29) is 0 Å². The Bertz CT molecular complexity index is 192. The molecule has 0 saturated carbocycles. The second kappa shape index (κ2) is 2.93. The van der Waals surface area contributed by atoms with Crippen molar-refractivity contribution < 1.29 is 18.5 Å². The topological polar surface area (TPSA) is 103 Å². The Labute approximate surface area is 50.5 Å². The van der Waals surface area contributed by atoms with Crippen molar-refractivity contribution in [3.05, 3.63) is 0 Å². The van der Waals surface area contributed by atoms with E-state index in [2.05, 4.69) is 9.05 Å². The molecule has 9 heavy (non-hydrogen) atoms. The summed E-state index contributed by atoms with van der Waals surface area (Å²) < 4.78 is 17.0. The molecule has 6 nitrogen and oxygen atoms in total. The molecule has 0 amide bonds. The highest BCUT2D eigenvalue weighted by molar-refractivity contribution is 7.47. The van der Waals surface area contributed by atoms with E-state index in [1.165, 1.54) is 0 Å². The summed E-state index contributed by atoms with van der Waals surface area (Å²) >= 11 is 0. The van der Waals surface area contributed by atoms with Crippen molar-refractivity contribution in [2.24, 2.45) is 0 Å². The van der Waals surface area contributed by atoms with Gasteiger partial charge in [-0.25, -0.2) is 4.57 Å². The van der Waals surface area contributed by atoms with Crippen LogP contribution in [0.5, 0.6) is 0 Å². The van der Waals surface area contributed by atoms with Crippen LogP contribution in [-0.4, -0.2) is 4.89 Å². The lowest BCUT2D eigenvalue weighted by atomic mass is 11.6. The molecule has 0 saturated heterocycles. The fourth-order valence-corrected chi connectivity index (χ4v) is 0.365. The SMILES string of the molecule is N#COP(=O)(O)OC#N. The van der Waals surface area contributed by atoms with Crippen LogP contribution in [0.4, 0.5) is 0 Å². The van der Waals surface area contributed by atoms with Crippen molar-refractivity contribution in [1.29, 1.82) is 10.5 Å². The van der Waals surface area contributed by atoms with Gasteiger partial charge in [0, 0.05) is 0 Å². The maximum atomic E-state index is 10.1. The van der Waals surface area contributed by atoms with Crippen LogP contribution in [0.3, 0.4) is 0 Å². The Balaban J connectivity index is 3.95. The zero-order valence-electron chi connectivity index (χ0n) is 4.01. The number of nitriles is 2.